The van der Waals surface area contributed by atoms with Gasteiger partial charge in [0.25, 0.3) is 0 Å². The molecule has 108 valence electrons. The van der Waals surface area contributed by atoms with Crippen LogP contribution in [0.5, 0.6) is 5.75 Å². The van der Waals surface area contributed by atoms with Gasteiger partial charge in [-0.15, -0.1) is 0 Å². The highest BCUT2D eigenvalue weighted by Crippen LogP contribution is 2.37. The summed E-state index contributed by atoms with van der Waals surface area (Å²) in [5, 5.41) is 8.53. The van der Waals surface area contributed by atoms with E-state index < -0.39 is 5.97 Å². The molecule has 0 aliphatic heterocycles. The van der Waals surface area contributed by atoms with Crippen LogP contribution < -0.4 is 9.64 Å². The second kappa shape index (κ2) is 5.94. The Labute approximate surface area is 118 Å². The number of rotatable bonds is 6. The summed E-state index contributed by atoms with van der Waals surface area (Å²) in [6, 6.07) is 6.86. The molecule has 1 aliphatic rings. The van der Waals surface area contributed by atoms with Crippen molar-refractivity contribution in [1.82, 2.24) is 0 Å². The van der Waals surface area contributed by atoms with Crippen LogP contribution in [0.4, 0.5) is 5.69 Å². The Hall–Kier alpha value is -2.04. The molecule has 1 unspecified atom stereocenters. The largest absolute Gasteiger partial charge is 0.482 e. The molecule has 20 heavy (non-hydrogen) atoms. The van der Waals surface area contributed by atoms with E-state index in [9.17, 15) is 9.59 Å². The number of carbonyl (C=O) groups is 2. The minimum Gasteiger partial charge on any atom is -0.482 e. The molecule has 1 atom stereocenters. The summed E-state index contributed by atoms with van der Waals surface area (Å²) in [6.07, 6.45) is 2.28. The minimum absolute atomic E-state index is 0.0583. The minimum atomic E-state index is -1.01. The molecule has 0 saturated heterocycles. The Morgan fingerprint density at radius 2 is 1.95 bits per heavy atom. The summed E-state index contributed by atoms with van der Waals surface area (Å²) in [5.41, 5.74) is 0.783. The van der Waals surface area contributed by atoms with Gasteiger partial charge < -0.3 is 14.7 Å². The highest BCUT2D eigenvalue weighted by Gasteiger charge is 2.34. The van der Waals surface area contributed by atoms with Gasteiger partial charge in [-0.05, 0) is 43.0 Å². The summed E-state index contributed by atoms with van der Waals surface area (Å²) in [6.45, 7) is 1.60. The third kappa shape index (κ3) is 3.50. The fourth-order valence-corrected chi connectivity index (χ4v) is 2.14. The third-order valence-corrected chi connectivity index (χ3v) is 3.64. The maximum Gasteiger partial charge on any atom is 0.341 e. The molecule has 0 heterocycles. The molecule has 1 aromatic rings. The van der Waals surface area contributed by atoms with Crippen LogP contribution in [0.2, 0.25) is 0 Å². The van der Waals surface area contributed by atoms with Crippen LogP contribution in [0.15, 0.2) is 24.3 Å². The Balaban J connectivity index is 1.97. The fraction of sp³-hybridized carbons (Fsp3) is 0.467. The number of amides is 1. The Kier molecular flexibility index (Phi) is 4.27. The van der Waals surface area contributed by atoms with Crippen molar-refractivity contribution in [2.45, 2.75) is 19.8 Å². The van der Waals surface area contributed by atoms with Gasteiger partial charge in [0.1, 0.15) is 5.75 Å². The third-order valence-electron chi connectivity index (χ3n) is 3.64. The molecule has 0 aromatic heterocycles. The zero-order valence-corrected chi connectivity index (χ0v) is 11.7. The molecule has 1 saturated carbocycles. The van der Waals surface area contributed by atoms with Crippen molar-refractivity contribution in [3.8, 4) is 5.75 Å². The molecule has 1 aromatic carbocycles. The summed E-state index contributed by atoms with van der Waals surface area (Å²) in [4.78, 5) is 24.3. The highest BCUT2D eigenvalue weighted by atomic mass is 16.5. The van der Waals surface area contributed by atoms with Crippen LogP contribution in [0.25, 0.3) is 0 Å². The molecule has 5 nitrogen and oxygen atoms in total. The zero-order chi connectivity index (χ0) is 14.7. The smallest absolute Gasteiger partial charge is 0.341 e. The normalized spacial score (nSPS) is 15.5. The van der Waals surface area contributed by atoms with Crippen molar-refractivity contribution in [1.29, 1.82) is 0 Å². The number of benzene rings is 1. The molecule has 0 spiro atoms. The first-order chi connectivity index (χ1) is 9.49. The summed E-state index contributed by atoms with van der Waals surface area (Å²) in [7, 11) is 1.76. The van der Waals surface area contributed by atoms with E-state index in [4.69, 9.17) is 9.84 Å². The molecule has 2 rings (SSSR count). The van der Waals surface area contributed by atoms with Crippen LogP contribution in [0, 0.1) is 11.8 Å². The molecule has 5 heteroatoms. The van der Waals surface area contributed by atoms with Gasteiger partial charge >= 0.3 is 5.97 Å². The fourth-order valence-electron chi connectivity index (χ4n) is 2.14. The van der Waals surface area contributed by atoms with Crippen LogP contribution in [-0.2, 0) is 9.59 Å². The van der Waals surface area contributed by atoms with E-state index in [2.05, 4.69) is 0 Å². The van der Waals surface area contributed by atoms with Gasteiger partial charge in [-0.1, -0.05) is 6.92 Å². The lowest BCUT2D eigenvalue weighted by Gasteiger charge is -2.21. The lowest BCUT2D eigenvalue weighted by molar-refractivity contribution is -0.139. The van der Waals surface area contributed by atoms with Crippen molar-refractivity contribution in [3.05, 3.63) is 24.3 Å². The highest BCUT2D eigenvalue weighted by molar-refractivity contribution is 5.94. The average Bonchev–Trinajstić information content (AvgIpc) is 3.28. The predicted molar refractivity (Wildman–Crippen MR) is 74.9 cm³/mol. The summed E-state index contributed by atoms with van der Waals surface area (Å²) in [5.74, 6) is 0.171. The first kappa shape index (κ1) is 14.4. The zero-order valence-electron chi connectivity index (χ0n) is 11.7. The SMILES string of the molecule is CC(C(=O)N(C)c1ccc(OCC(=O)O)cc1)C1CC1. The van der Waals surface area contributed by atoms with Crippen molar-refractivity contribution < 1.29 is 19.4 Å². The first-order valence-electron chi connectivity index (χ1n) is 6.71. The lowest BCUT2D eigenvalue weighted by Crippen LogP contribution is -2.32. The quantitative estimate of drug-likeness (QED) is 0.865. The van der Waals surface area contributed by atoms with Gasteiger partial charge in [0, 0.05) is 18.7 Å². The number of hydrogen-bond acceptors (Lipinski definition) is 3. The molecular formula is C15H19NO4. The van der Waals surface area contributed by atoms with E-state index in [1.807, 2.05) is 6.92 Å². The van der Waals surface area contributed by atoms with E-state index >= 15 is 0 Å². The van der Waals surface area contributed by atoms with Gasteiger partial charge in [-0.2, -0.15) is 0 Å². The number of anilines is 1. The van der Waals surface area contributed by atoms with Crippen LogP contribution in [0.1, 0.15) is 19.8 Å². The monoisotopic (exact) mass is 277 g/mol. The van der Waals surface area contributed by atoms with Crippen LogP contribution in [-0.4, -0.2) is 30.6 Å². The van der Waals surface area contributed by atoms with Crippen molar-refractivity contribution in [3.63, 3.8) is 0 Å². The first-order valence-corrected chi connectivity index (χ1v) is 6.71. The molecule has 0 bridgehead atoms. The van der Waals surface area contributed by atoms with E-state index in [1.54, 1.807) is 36.2 Å². The number of ether oxygens (including phenoxy) is 1. The summed E-state index contributed by atoms with van der Waals surface area (Å²) >= 11 is 0. The standard InChI is InChI=1S/C15H19NO4/c1-10(11-3-4-11)15(19)16(2)12-5-7-13(8-6-12)20-9-14(17)18/h5-8,10-11H,3-4,9H2,1-2H3,(H,17,18). The molecule has 1 aliphatic carbocycles. The molecule has 1 fully saturated rings. The molecule has 1 amide bonds. The van der Waals surface area contributed by atoms with Gasteiger partial charge in [0.2, 0.25) is 5.91 Å². The van der Waals surface area contributed by atoms with Crippen molar-refractivity contribution in [2.75, 3.05) is 18.6 Å². The summed E-state index contributed by atoms with van der Waals surface area (Å²) < 4.78 is 5.06. The van der Waals surface area contributed by atoms with Crippen molar-refractivity contribution in [2.24, 2.45) is 11.8 Å². The topological polar surface area (TPSA) is 66.8 Å². The number of hydrogen-bond donors (Lipinski definition) is 1. The van der Waals surface area contributed by atoms with Crippen LogP contribution in [0.3, 0.4) is 0 Å². The lowest BCUT2D eigenvalue weighted by atomic mass is 10.0. The Morgan fingerprint density at radius 1 is 1.35 bits per heavy atom. The van der Waals surface area contributed by atoms with E-state index in [0.29, 0.717) is 11.7 Å². The second-order valence-electron chi connectivity index (χ2n) is 5.20. The number of nitrogens with zero attached hydrogens (tertiary/aromatic N) is 1. The van der Waals surface area contributed by atoms with Gasteiger partial charge in [0.05, 0.1) is 0 Å². The number of carboxylic acid groups (broad SMARTS) is 1. The average molecular weight is 277 g/mol. The number of carboxylic acids is 1. The van der Waals surface area contributed by atoms with Crippen molar-refractivity contribution >= 4 is 17.6 Å². The van der Waals surface area contributed by atoms with E-state index in [1.165, 1.54) is 0 Å². The second-order valence-corrected chi connectivity index (χ2v) is 5.20. The Bertz CT molecular complexity index is 493. The Morgan fingerprint density at radius 3 is 2.45 bits per heavy atom. The van der Waals surface area contributed by atoms with Gasteiger partial charge in [0.15, 0.2) is 6.61 Å². The van der Waals surface area contributed by atoms with Gasteiger partial charge in [-0.3, -0.25) is 4.79 Å². The van der Waals surface area contributed by atoms with E-state index in [-0.39, 0.29) is 18.4 Å². The molecular weight excluding hydrogens is 258 g/mol. The van der Waals surface area contributed by atoms with Crippen LogP contribution >= 0.6 is 0 Å². The van der Waals surface area contributed by atoms with E-state index in [0.717, 1.165) is 18.5 Å². The number of aliphatic carboxylic acids is 1. The van der Waals surface area contributed by atoms with Gasteiger partial charge in [-0.25, -0.2) is 4.79 Å². The molecule has 1 N–H and O–H groups in total. The maximum absolute atomic E-state index is 12.2. The maximum atomic E-state index is 12.2. The number of carbonyl (C=O) groups excluding carboxylic acids is 1. The molecule has 0 radical (unpaired) electrons. The predicted octanol–water partition coefficient (Wildman–Crippen LogP) is 2.16.